The van der Waals surface area contributed by atoms with Gasteiger partial charge in [-0.1, -0.05) is 13.8 Å². The smallest absolute Gasteiger partial charge is 0.308 e. The zero-order valence-electron chi connectivity index (χ0n) is 12.3. The van der Waals surface area contributed by atoms with Gasteiger partial charge in [0, 0.05) is 12.6 Å². The number of carbonyl (C=O) groups excluding carboxylic acids is 1. The molecule has 2 fully saturated rings. The minimum atomic E-state index is -0.768. The van der Waals surface area contributed by atoms with Crippen molar-refractivity contribution in [1.29, 1.82) is 0 Å². The van der Waals surface area contributed by atoms with Crippen LogP contribution in [0, 0.1) is 29.6 Å². The van der Waals surface area contributed by atoms with Crippen LogP contribution in [-0.4, -0.2) is 29.6 Å². The van der Waals surface area contributed by atoms with Crippen LogP contribution in [0.2, 0.25) is 0 Å². The van der Waals surface area contributed by atoms with E-state index in [1.165, 1.54) is 0 Å². The third kappa shape index (κ3) is 2.97. The monoisotopic (exact) mass is 282 g/mol. The molecule has 5 nitrogen and oxygen atoms in total. The van der Waals surface area contributed by atoms with E-state index in [2.05, 4.69) is 19.2 Å². The highest BCUT2D eigenvalue weighted by molar-refractivity contribution is 5.81. The standard InChI is InChI=1S/C15H26N2O3/c1-8(2)5-11(7-16)14(18)17-13-10-4-3-9(6-10)12(13)15(19)20/h8-13H,3-7,16H2,1-2H3,(H,17,18)(H,19,20). The SMILES string of the molecule is CC(C)CC(CN)C(=O)NC1C2CCC(C2)C1C(=O)O. The number of rotatable bonds is 6. The summed E-state index contributed by atoms with van der Waals surface area (Å²) in [7, 11) is 0. The second-order valence-electron chi connectivity index (χ2n) is 6.79. The molecule has 2 rings (SSSR count). The number of nitrogens with one attached hydrogen (secondary N) is 1. The molecular formula is C15H26N2O3. The maximum Gasteiger partial charge on any atom is 0.308 e. The van der Waals surface area contributed by atoms with Crippen LogP contribution in [0.1, 0.15) is 39.5 Å². The van der Waals surface area contributed by atoms with Gasteiger partial charge >= 0.3 is 5.97 Å². The van der Waals surface area contributed by atoms with Gasteiger partial charge in [-0.15, -0.1) is 0 Å². The third-order valence-corrected chi connectivity index (χ3v) is 4.92. The number of carbonyl (C=O) groups is 2. The largest absolute Gasteiger partial charge is 0.481 e. The number of aliphatic carboxylic acids is 1. The molecule has 4 N–H and O–H groups in total. The van der Waals surface area contributed by atoms with Gasteiger partial charge in [0.15, 0.2) is 0 Å². The van der Waals surface area contributed by atoms with E-state index in [0.29, 0.717) is 18.4 Å². The van der Waals surface area contributed by atoms with Crippen molar-refractivity contribution in [2.45, 2.75) is 45.6 Å². The van der Waals surface area contributed by atoms with Crippen LogP contribution < -0.4 is 11.1 Å². The highest BCUT2D eigenvalue weighted by Crippen LogP contribution is 2.48. The van der Waals surface area contributed by atoms with Gasteiger partial charge in [0.25, 0.3) is 0 Å². The molecule has 1 amide bonds. The van der Waals surface area contributed by atoms with E-state index in [1.807, 2.05) is 0 Å². The molecule has 0 heterocycles. The third-order valence-electron chi connectivity index (χ3n) is 4.92. The van der Waals surface area contributed by atoms with E-state index in [1.54, 1.807) is 0 Å². The van der Waals surface area contributed by atoms with E-state index < -0.39 is 11.9 Å². The molecule has 0 aromatic heterocycles. The van der Waals surface area contributed by atoms with Gasteiger partial charge < -0.3 is 16.2 Å². The quantitative estimate of drug-likeness (QED) is 0.683. The molecule has 0 radical (unpaired) electrons. The summed E-state index contributed by atoms with van der Waals surface area (Å²) >= 11 is 0. The molecule has 2 aliphatic rings. The summed E-state index contributed by atoms with van der Waals surface area (Å²) in [6.07, 6.45) is 3.72. The predicted octanol–water partition coefficient (Wildman–Crippen LogP) is 1.22. The Kier molecular flexibility index (Phi) is 4.68. The van der Waals surface area contributed by atoms with Crippen LogP contribution in [0.4, 0.5) is 0 Å². The van der Waals surface area contributed by atoms with Crippen LogP contribution >= 0.6 is 0 Å². The van der Waals surface area contributed by atoms with Crippen LogP contribution in [0.5, 0.6) is 0 Å². The van der Waals surface area contributed by atoms with Gasteiger partial charge in [-0.2, -0.15) is 0 Å². The molecule has 0 saturated heterocycles. The van der Waals surface area contributed by atoms with E-state index in [0.717, 1.165) is 25.7 Å². The molecule has 20 heavy (non-hydrogen) atoms. The van der Waals surface area contributed by atoms with Gasteiger partial charge in [0.05, 0.1) is 11.8 Å². The first-order valence-electron chi connectivity index (χ1n) is 7.67. The van der Waals surface area contributed by atoms with Gasteiger partial charge in [-0.25, -0.2) is 0 Å². The second kappa shape index (κ2) is 6.12. The predicted molar refractivity (Wildman–Crippen MR) is 75.9 cm³/mol. The van der Waals surface area contributed by atoms with Gasteiger partial charge in [0.1, 0.15) is 0 Å². The number of nitrogens with two attached hydrogens (primary N) is 1. The first-order chi connectivity index (χ1) is 9.43. The molecule has 0 aromatic carbocycles. The first-order valence-corrected chi connectivity index (χ1v) is 7.67. The maximum absolute atomic E-state index is 12.3. The Morgan fingerprint density at radius 2 is 1.95 bits per heavy atom. The lowest BCUT2D eigenvalue weighted by molar-refractivity contribution is -0.145. The average molecular weight is 282 g/mol. The fourth-order valence-corrected chi connectivity index (χ4v) is 4.02. The first kappa shape index (κ1) is 15.3. The van der Waals surface area contributed by atoms with Crippen molar-refractivity contribution in [1.82, 2.24) is 5.32 Å². The summed E-state index contributed by atoms with van der Waals surface area (Å²) in [4.78, 5) is 23.8. The minimum absolute atomic E-state index is 0.0648. The molecular weight excluding hydrogens is 256 g/mol. The fourth-order valence-electron chi connectivity index (χ4n) is 4.02. The van der Waals surface area contributed by atoms with Crippen molar-refractivity contribution in [3.8, 4) is 0 Å². The van der Waals surface area contributed by atoms with Gasteiger partial charge in [-0.3, -0.25) is 9.59 Å². The van der Waals surface area contributed by atoms with Gasteiger partial charge in [0.2, 0.25) is 5.91 Å². The Morgan fingerprint density at radius 1 is 1.30 bits per heavy atom. The number of carboxylic acids is 1. The Bertz CT molecular complexity index is 383. The summed E-state index contributed by atoms with van der Waals surface area (Å²) < 4.78 is 0. The van der Waals surface area contributed by atoms with Crippen LogP contribution in [-0.2, 0) is 9.59 Å². The minimum Gasteiger partial charge on any atom is -0.481 e. The van der Waals surface area contributed by atoms with Crippen molar-refractivity contribution in [3.05, 3.63) is 0 Å². The maximum atomic E-state index is 12.3. The highest BCUT2D eigenvalue weighted by Gasteiger charge is 2.51. The summed E-state index contributed by atoms with van der Waals surface area (Å²) in [6, 6.07) is -0.194. The van der Waals surface area contributed by atoms with Crippen LogP contribution in [0.3, 0.4) is 0 Å². The summed E-state index contributed by atoms with van der Waals surface area (Å²) in [5.41, 5.74) is 5.69. The van der Waals surface area contributed by atoms with Gasteiger partial charge in [-0.05, 0) is 43.4 Å². The van der Waals surface area contributed by atoms with Crippen molar-refractivity contribution < 1.29 is 14.7 Å². The topological polar surface area (TPSA) is 92.4 Å². The number of carboxylic acid groups (broad SMARTS) is 1. The number of hydrogen-bond acceptors (Lipinski definition) is 3. The lowest BCUT2D eigenvalue weighted by atomic mass is 9.84. The lowest BCUT2D eigenvalue weighted by Gasteiger charge is -2.30. The number of hydrogen-bond donors (Lipinski definition) is 3. The molecule has 2 saturated carbocycles. The van der Waals surface area contributed by atoms with E-state index in [4.69, 9.17) is 5.73 Å². The molecule has 0 spiro atoms. The Hall–Kier alpha value is -1.10. The average Bonchev–Trinajstić information content (AvgIpc) is 2.95. The van der Waals surface area contributed by atoms with E-state index in [9.17, 15) is 14.7 Å². The van der Waals surface area contributed by atoms with Crippen LogP contribution in [0.25, 0.3) is 0 Å². The van der Waals surface area contributed by atoms with Crippen molar-refractivity contribution in [2.75, 3.05) is 6.54 Å². The normalized spacial score (nSPS) is 33.4. The van der Waals surface area contributed by atoms with Crippen LogP contribution in [0.15, 0.2) is 0 Å². The second-order valence-corrected chi connectivity index (χ2v) is 6.79. The molecule has 5 atom stereocenters. The van der Waals surface area contributed by atoms with Crippen molar-refractivity contribution in [3.63, 3.8) is 0 Å². The zero-order valence-corrected chi connectivity index (χ0v) is 12.3. The summed E-state index contributed by atoms with van der Waals surface area (Å²) in [6.45, 7) is 4.45. The lowest BCUT2D eigenvalue weighted by Crippen LogP contribution is -2.49. The highest BCUT2D eigenvalue weighted by atomic mass is 16.4. The molecule has 2 bridgehead atoms. The Balaban J connectivity index is 2.00. The fraction of sp³-hybridized carbons (Fsp3) is 0.867. The summed E-state index contributed by atoms with van der Waals surface area (Å²) in [5, 5.41) is 12.4. The summed E-state index contributed by atoms with van der Waals surface area (Å²) in [5.74, 6) is -0.462. The zero-order chi connectivity index (χ0) is 14.9. The molecule has 5 heteroatoms. The van der Waals surface area contributed by atoms with E-state index in [-0.39, 0.29) is 23.8 Å². The molecule has 114 valence electrons. The van der Waals surface area contributed by atoms with Crippen molar-refractivity contribution >= 4 is 11.9 Å². The van der Waals surface area contributed by atoms with Crippen molar-refractivity contribution in [2.24, 2.45) is 35.3 Å². The number of fused-ring (bicyclic) bond motifs is 2. The Labute approximate surface area is 120 Å². The molecule has 0 aromatic rings. The molecule has 5 unspecified atom stereocenters. The van der Waals surface area contributed by atoms with E-state index >= 15 is 0 Å². The molecule has 2 aliphatic carbocycles. The Morgan fingerprint density at radius 3 is 2.50 bits per heavy atom. The molecule has 0 aliphatic heterocycles. The number of amides is 1.